The SMILES string of the molecule is CCC(C)C1CCC(C)(C)CC1CCC(=O)CCC1CC1. The number of carbonyl (C=O) groups excluding carboxylic acids is 1. The molecule has 0 aromatic carbocycles. The first-order chi connectivity index (χ1) is 9.91. The van der Waals surface area contributed by atoms with E-state index in [1.54, 1.807) is 0 Å². The van der Waals surface area contributed by atoms with Crippen molar-refractivity contribution in [1.82, 2.24) is 0 Å². The van der Waals surface area contributed by atoms with Crippen LogP contribution in [0.3, 0.4) is 0 Å². The molecule has 3 unspecified atom stereocenters. The van der Waals surface area contributed by atoms with Crippen molar-refractivity contribution in [2.75, 3.05) is 0 Å². The van der Waals surface area contributed by atoms with Crippen molar-refractivity contribution in [3.63, 3.8) is 0 Å². The van der Waals surface area contributed by atoms with Crippen LogP contribution in [0.1, 0.15) is 91.9 Å². The molecular formula is C20H36O. The molecule has 2 aliphatic rings. The van der Waals surface area contributed by atoms with Crippen molar-refractivity contribution in [2.24, 2.45) is 29.1 Å². The first-order valence-corrected chi connectivity index (χ1v) is 9.43. The number of carbonyl (C=O) groups is 1. The van der Waals surface area contributed by atoms with E-state index in [2.05, 4.69) is 27.7 Å². The Kier molecular flexibility index (Phi) is 5.91. The Morgan fingerprint density at radius 3 is 2.43 bits per heavy atom. The van der Waals surface area contributed by atoms with Crippen molar-refractivity contribution in [2.45, 2.75) is 91.9 Å². The number of Topliss-reactive ketones (excluding diaryl/α,β-unsaturated/α-hetero) is 1. The van der Waals surface area contributed by atoms with E-state index in [0.29, 0.717) is 11.2 Å². The Hall–Kier alpha value is -0.330. The van der Waals surface area contributed by atoms with Gasteiger partial charge in [0.05, 0.1) is 0 Å². The smallest absolute Gasteiger partial charge is 0.132 e. The minimum absolute atomic E-state index is 0.492. The Morgan fingerprint density at radius 1 is 1.14 bits per heavy atom. The molecule has 2 rings (SSSR count). The summed E-state index contributed by atoms with van der Waals surface area (Å²) in [5, 5.41) is 0. The van der Waals surface area contributed by atoms with Crippen LogP contribution in [0.15, 0.2) is 0 Å². The van der Waals surface area contributed by atoms with Gasteiger partial charge in [0.15, 0.2) is 0 Å². The third kappa shape index (κ3) is 5.42. The zero-order chi connectivity index (χ0) is 15.5. The predicted octanol–water partition coefficient (Wildman–Crippen LogP) is 6.01. The maximum Gasteiger partial charge on any atom is 0.132 e. The van der Waals surface area contributed by atoms with Crippen LogP contribution in [0.5, 0.6) is 0 Å². The maximum atomic E-state index is 12.1. The number of hydrogen-bond donors (Lipinski definition) is 0. The van der Waals surface area contributed by atoms with Gasteiger partial charge < -0.3 is 0 Å². The monoisotopic (exact) mass is 292 g/mol. The van der Waals surface area contributed by atoms with E-state index in [0.717, 1.165) is 42.9 Å². The molecule has 21 heavy (non-hydrogen) atoms. The Balaban J connectivity index is 1.81. The van der Waals surface area contributed by atoms with Crippen molar-refractivity contribution in [3.8, 4) is 0 Å². The summed E-state index contributed by atoms with van der Waals surface area (Å²) < 4.78 is 0. The molecule has 0 spiro atoms. The third-order valence-electron chi connectivity index (χ3n) is 6.27. The topological polar surface area (TPSA) is 17.1 Å². The highest BCUT2D eigenvalue weighted by molar-refractivity contribution is 5.78. The Morgan fingerprint density at radius 2 is 1.81 bits per heavy atom. The minimum atomic E-state index is 0.492. The summed E-state index contributed by atoms with van der Waals surface area (Å²) in [5.41, 5.74) is 0.492. The molecule has 0 heterocycles. The first-order valence-electron chi connectivity index (χ1n) is 9.43. The molecule has 0 aromatic heterocycles. The lowest BCUT2D eigenvalue weighted by molar-refractivity contribution is -0.119. The van der Waals surface area contributed by atoms with Crippen LogP contribution in [-0.2, 0) is 4.79 Å². The fourth-order valence-electron chi connectivity index (χ4n) is 4.37. The van der Waals surface area contributed by atoms with Crippen molar-refractivity contribution >= 4 is 5.78 Å². The second kappa shape index (κ2) is 7.29. The van der Waals surface area contributed by atoms with Crippen molar-refractivity contribution in [3.05, 3.63) is 0 Å². The summed E-state index contributed by atoms with van der Waals surface area (Å²) in [6.07, 6.45) is 12.1. The normalized spacial score (nSPS) is 30.1. The summed E-state index contributed by atoms with van der Waals surface area (Å²) in [6, 6.07) is 0. The average Bonchev–Trinajstić information content (AvgIpc) is 3.25. The van der Waals surface area contributed by atoms with Gasteiger partial charge in [0.25, 0.3) is 0 Å². The number of rotatable bonds is 8. The molecule has 0 bridgehead atoms. The van der Waals surface area contributed by atoms with E-state index in [4.69, 9.17) is 0 Å². The maximum absolute atomic E-state index is 12.1. The van der Waals surface area contributed by atoms with Gasteiger partial charge in [-0.25, -0.2) is 0 Å². The van der Waals surface area contributed by atoms with Crippen LogP contribution in [0.4, 0.5) is 0 Å². The van der Waals surface area contributed by atoms with Gasteiger partial charge in [0.1, 0.15) is 5.78 Å². The lowest BCUT2D eigenvalue weighted by Gasteiger charge is -2.43. The molecule has 3 atom stereocenters. The largest absolute Gasteiger partial charge is 0.300 e. The average molecular weight is 293 g/mol. The minimum Gasteiger partial charge on any atom is -0.300 e. The van der Waals surface area contributed by atoms with Crippen LogP contribution < -0.4 is 0 Å². The molecule has 2 aliphatic carbocycles. The van der Waals surface area contributed by atoms with Crippen molar-refractivity contribution in [1.29, 1.82) is 0 Å². The van der Waals surface area contributed by atoms with Gasteiger partial charge in [-0.15, -0.1) is 0 Å². The van der Waals surface area contributed by atoms with E-state index in [1.807, 2.05) is 0 Å². The van der Waals surface area contributed by atoms with Crippen LogP contribution in [-0.4, -0.2) is 5.78 Å². The number of hydrogen-bond acceptors (Lipinski definition) is 1. The summed E-state index contributed by atoms with van der Waals surface area (Å²) in [6.45, 7) is 9.58. The summed E-state index contributed by atoms with van der Waals surface area (Å²) in [7, 11) is 0. The van der Waals surface area contributed by atoms with E-state index in [1.165, 1.54) is 44.9 Å². The van der Waals surface area contributed by atoms with Gasteiger partial charge in [-0.05, 0) is 61.2 Å². The van der Waals surface area contributed by atoms with Gasteiger partial charge in [-0.2, -0.15) is 0 Å². The second-order valence-corrected chi connectivity index (χ2v) is 8.78. The molecule has 0 amide bonds. The highest BCUT2D eigenvalue weighted by Crippen LogP contribution is 2.47. The predicted molar refractivity (Wildman–Crippen MR) is 90.3 cm³/mol. The van der Waals surface area contributed by atoms with E-state index >= 15 is 0 Å². The summed E-state index contributed by atoms with van der Waals surface area (Å²) >= 11 is 0. The molecule has 0 saturated heterocycles. The lowest BCUT2D eigenvalue weighted by atomic mass is 9.62. The van der Waals surface area contributed by atoms with Crippen LogP contribution in [0.25, 0.3) is 0 Å². The molecule has 0 aromatic rings. The molecule has 0 aliphatic heterocycles. The lowest BCUT2D eigenvalue weighted by Crippen LogP contribution is -2.33. The second-order valence-electron chi connectivity index (χ2n) is 8.78. The molecule has 0 N–H and O–H groups in total. The van der Waals surface area contributed by atoms with Crippen molar-refractivity contribution < 1.29 is 4.79 Å². The highest BCUT2D eigenvalue weighted by Gasteiger charge is 2.36. The molecule has 1 nitrogen and oxygen atoms in total. The first kappa shape index (κ1) is 17.0. The van der Waals surface area contributed by atoms with Crippen LogP contribution >= 0.6 is 0 Å². The van der Waals surface area contributed by atoms with Gasteiger partial charge >= 0.3 is 0 Å². The Bertz CT molecular complexity index is 340. The van der Waals surface area contributed by atoms with E-state index in [9.17, 15) is 4.79 Å². The standard InChI is InChI=1S/C20H36O/c1-5-15(2)19-12-13-20(3,4)14-17(19)9-11-18(21)10-8-16-6-7-16/h15-17,19H,5-14H2,1-4H3. The zero-order valence-electron chi connectivity index (χ0n) is 14.8. The van der Waals surface area contributed by atoms with E-state index < -0.39 is 0 Å². The zero-order valence-corrected chi connectivity index (χ0v) is 14.8. The molecule has 1 heteroatoms. The molecule has 2 saturated carbocycles. The molecule has 0 radical (unpaired) electrons. The fraction of sp³-hybridized carbons (Fsp3) is 0.950. The highest BCUT2D eigenvalue weighted by atomic mass is 16.1. The van der Waals surface area contributed by atoms with Crippen LogP contribution in [0.2, 0.25) is 0 Å². The fourth-order valence-corrected chi connectivity index (χ4v) is 4.37. The van der Waals surface area contributed by atoms with E-state index in [-0.39, 0.29) is 0 Å². The van der Waals surface area contributed by atoms with Gasteiger partial charge in [-0.1, -0.05) is 47.0 Å². The van der Waals surface area contributed by atoms with Gasteiger partial charge in [0.2, 0.25) is 0 Å². The van der Waals surface area contributed by atoms with Gasteiger partial charge in [-0.3, -0.25) is 4.79 Å². The summed E-state index contributed by atoms with van der Waals surface area (Å²) in [5.74, 6) is 3.91. The summed E-state index contributed by atoms with van der Waals surface area (Å²) in [4.78, 5) is 12.1. The Labute approximate surface area is 132 Å². The molecular weight excluding hydrogens is 256 g/mol. The third-order valence-corrected chi connectivity index (χ3v) is 6.27. The molecule has 2 fully saturated rings. The molecule has 122 valence electrons. The van der Waals surface area contributed by atoms with Crippen LogP contribution in [0, 0.1) is 29.1 Å². The number of ketones is 1. The quantitative estimate of drug-likeness (QED) is 0.535. The van der Waals surface area contributed by atoms with Gasteiger partial charge in [0, 0.05) is 12.8 Å².